The lowest BCUT2D eigenvalue weighted by Crippen LogP contribution is -2.28. The van der Waals surface area contributed by atoms with E-state index in [-0.39, 0.29) is 11.7 Å². The zero-order valence-electron chi connectivity index (χ0n) is 11.0. The highest BCUT2D eigenvalue weighted by molar-refractivity contribution is 8.18. The van der Waals surface area contributed by atoms with Crippen molar-refractivity contribution in [2.45, 2.75) is 13.8 Å². The van der Waals surface area contributed by atoms with Crippen LogP contribution in [0.15, 0.2) is 34.2 Å². The Bertz CT molecular complexity index is 552. The van der Waals surface area contributed by atoms with E-state index in [4.69, 9.17) is 0 Å². The van der Waals surface area contributed by atoms with E-state index in [1.54, 1.807) is 29.2 Å². The lowest BCUT2D eigenvalue weighted by atomic mass is 10.2. The summed E-state index contributed by atoms with van der Waals surface area (Å²) >= 11 is 1.38. The Balaban J connectivity index is 2.31. The predicted molar refractivity (Wildman–Crippen MR) is 79.0 cm³/mol. The molecule has 1 aliphatic heterocycles. The number of amides is 1. The third-order valence-electron chi connectivity index (χ3n) is 2.67. The van der Waals surface area contributed by atoms with Crippen molar-refractivity contribution in [3.05, 3.63) is 34.7 Å². The van der Waals surface area contributed by atoms with Crippen LogP contribution in [-0.4, -0.2) is 34.2 Å². The molecule has 0 atom stereocenters. The summed E-state index contributed by atoms with van der Waals surface area (Å²) in [6.45, 7) is 5.15. The van der Waals surface area contributed by atoms with Gasteiger partial charge in [0.2, 0.25) is 0 Å². The van der Waals surface area contributed by atoms with Crippen LogP contribution in [0.4, 0.5) is 0 Å². The summed E-state index contributed by atoms with van der Waals surface area (Å²) in [4.78, 5) is 18.8. The highest BCUT2D eigenvalue weighted by Gasteiger charge is 2.31. The maximum atomic E-state index is 12.2. The molecule has 100 valence electrons. The second-order valence-corrected chi connectivity index (χ2v) is 5.02. The maximum absolute atomic E-state index is 12.2. The Morgan fingerprint density at radius 3 is 2.84 bits per heavy atom. The van der Waals surface area contributed by atoms with Crippen molar-refractivity contribution in [2.75, 3.05) is 13.1 Å². The van der Waals surface area contributed by atoms with Gasteiger partial charge >= 0.3 is 0 Å². The molecule has 2 rings (SSSR count). The number of carbonyl (C=O) groups excluding carboxylic acids is 1. The van der Waals surface area contributed by atoms with Gasteiger partial charge in [0.25, 0.3) is 5.91 Å². The summed E-state index contributed by atoms with van der Waals surface area (Å²) in [6, 6.07) is 6.84. The summed E-state index contributed by atoms with van der Waals surface area (Å²) in [5, 5.41) is 10.2. The van der Waals surface area contributed by atoms with Crippen LogP contribution < -0.4 is 0 Å². The number of hydrogen-bond acceptors (Lipinski definition) is 4. The number of carbonyl (C=O) groups is 1. The molecule has 1 aliphatic rings. The highest BCUT2D eigenvalue weighted by atomic mass is 32.2. The first-order chi connectivity index (χ1) is 9.15. The third kappa shape index (κ3) is 2.98. The normalized spacial score (nSPS) is 19.7. The van der Waals surface area contributed by atoms with E-state index in [0.717, 1.165) is 10.7 Å². The molecule has 1 N–H and O–H groups in total. The van der Waals surface area contributed by atoms with Gasteiger partial charge in [-0.15, -0.1) is 0 Å². The number of rotatable bonds is 3. The molecule has 1 heterocycles. The fourth-order valence-electron chi connectivity index (χ4n) is 1.81. The first-order valence-corrected chi connectivity index (χ1v) is 7.02. The molecular weight excluding hydrogens is 260 g/mol. The summed E-state index contributed by atoms with van der Waals surface area (Å²) in [5.41, 5.74) is 0.810. The van der Waals surface area contributed by atoms with Gasteiger partial charge in [0.1, 0.15) is 5.75 Å². The molecule has 1 aromatic carbocycles. The predicted octanol–water partition coefficient (Wildman–Crippen LogP) is 2.70. The molecule has 0 unspecified atom stereocenters. The zero-order valence-corrected chi connectivity index (χ0v) is 11.8. The summed E-state index contributed by atoms with van der Waals surface area (Å²) in [7, 11) is 0. The lowest BCUT2D eigenvalue weighted by molar-refractivity contribution is -0.122. The number of phenols is 1. The van der Waals surface area contributed by atoms with Crippen molar-refractivity contribution in [3.63, 3.8) is 0 Å². The van der Waals surface area contributed by atoms with Gasteiger partial charge in [0, 0.05) is 13.1 Å². The minimum absolute atomic E-state index is 0.0250. The SMILES string of the molecule is CCN=C1SC(=Cc2cccc(O)c2)C(=O)N1CC. The summed E-state index contributed by atoms with van der Waals surface area (Å²) in [6.07, 6.45) is 1.79. The van der Waals surface area contributed by atoms with Crippen LogP contribution in [0.25, 0.3) is 6.08 Å². The topological polar surface area (TPSA) is 52.9 Å². The van der Waals surface area contributed by atoms with E-state index in [9.17, 15) is 9.90 Å². The molecule has 0 radical (unpaired) electrons. The van der Waals surface area contributed by atoms with Crippen molar-refractivity contribution < 1.29 is 9.90 Å². The Hall–Kier alpha value is -1.75. The molecule has 4 nitrogen and oxygen atoms in total. The largest absolute Gasteiger partial charge is 0.508 e. The van der Waals surface area contributed by atoms with Crippen LogP contribution in [0.1, 0.15) is 19.4 Å². The molecule has 19 heavy (non-hydrogen) atoms. The molecule has 1 fully saturated rings. The van der Waals surface area contributed by atoms with E-state index < -0.39 is 0 Å². The standard InChI is InChI=1S/C14H16N2O2S/c1-3-15-14-16(4-2)13(18)12(19-14)9-10-6-5-7-11(17)8-10/h5-9,17H,3-4H2,1-2H3. The molecule has 0 aliphatic carbocycles. The first kappa shape index (κ1) is 13.7. The number of thioether (sulfide) groups is 1. The molecule has 0 saturated carbocycles. The van der Waals surface area contributed by atoms with Gasteiger partial charge in [-0.2, -0.15) is 0 Å². The molecule has 5 heteroatoms. The van der Waals surface area contributed by atoms with Gasteiger partial charge in [0.05, 0.1) is 4.91 Å². The average molecular weight is 276 g/mol. The van der Waals surface area contributed by atoms with Gasteiger partial charge in [0.15, 0.2) is 5.17 Å². The van der Waals surface area contributed by atoms with Crippen LogP contribution in [0.3, 0.4) is 0 Å². The van der Waals surface area contributed by atoms with Gasteiger partial charge in [-0.25, -0.2) is 0 Å². The van der Waals surface area contributed by atoms with Crippen molar-refractivity contribution in [3.8, 4) is 5.75 Å². The number of benzene rings is 1. The lowest BCUT2D eigenvalue weighted by Gasteiger charge is -2.11. The van der Waals surface area contributed by atoms with Crippen LogP contribution >= 0.6 is 11.8 Å². The molecule has 0 aromatic heterocycles. The Morgan fingerprint density at radius 1 is 1.42 bits per heavy atom. The smallest absolute Gasteiger partial charge is 0.266 e. The first-order valence-electron chi connectivity index (χ1n) is 6.20. The van der Waals surface area contributed by atoms with Crippen molar-refractivity contribution in [1.29, 1.82) is 0 Å². The number of likely N-dealkylation sites (N-methyl/N-ethyl adjacent to an activating group) is 1. The van der Waals surface area contributed by atoms with Crippen LogP contribution in [0.2, 0.25) is 0 Å². The van der Waals surface area contributed by atoms with Gasteiger partial charge in [-0.1, -0.05) is 12.1 Å². The summed E-state index contributed by atoms with van der Waals surface area (Å²) in [5.74, 6) is 0.169. The van der Waals surface area contributed by atoms with Crippen molar-refractivity contribution in [2.24, 2.45) is 4.99 Å². The van der Waals surface area contributed by atoms with Crippen LogP contribution in [-0.2, 0) is 4.79 Å². The zero-order chi connectivity index (χ0) is 13.8. The monoisotopic (exact) mass is 276 g/mol. The Kier molecular flexibility index (Phi) is 4.27. The molecule has 0 spiro atoms. The average Bonchev–Trinajstić information content (AvgIpc) is 2.66. The number of phenolic OH excluding ortho intramolecular Hbond substituents is 1. The number of nitrogens with zero attached hydrogens (tertiary/aromatic N) is 2. The maximum Gasteiger partial charge on any atom is 0.266 e. The highest BCUT2D eigenvalue weighted by Crippen LogP contribution is 2.32. The van der Waals surface area contributed by atoms with E-state index in [1.165, 1.54) is 11.8 Å². The Labute approximate surface area is 116 Å². The molecule has 1 amide bonds. The quantitative estimate of drug-likeness (QED) is 0.864. The van der Waals surface area contributed by atoms with Crippen molar-refractivity contribution in [1.82, 2.24) is 4.90 Å². The third-order valence-corrected chi connectivity index (χ3v) is 3.71. The van der Waals surface area contributed by atoms with Gasteiger partial charge in [-0.05, 0) is 49.4 Å². The van der Waals surface area contributed by atoms with E-state index in [1.807, 2.05) is 19.9 Å². The second-order valence-electron chi connectivity index (χ2n) is 4.01. The second kappa shape index (κ2) is 5.93. The van der Waals surface area contributed by atoms with Crippen LogP contribution in [0, 0.1) is 0 Å². The van der Waals surface area contributed by atoms with E-state index in [2.05, 4.69) is 4.99 Å². The van der Waals surface area contributed by atoms with Gasteiger partial charge in [-0.3, -0.25) is 14.7 Å². The number of aliphatic imine (C=N–C) groups is 1. The van der Waals surface area contributed by atoms with E-state index in [0.29, 0.717) is 18.0 Å². The van der Waals surface area contributed by atoms with E-state index >= 15 is 0 Å². The van der Waals surface area contributed by atoms with Crippen LogP contribution in [0.5, 0.6) is 5.75 Å². The molecule has 1 aromatic rings. The summed E-state index contributed by atoms with van der Waals surface area (Å²) < 4.78 is 0. The minimum Gasteiger partial charge on any atom is -0.508 e. The molecular formula is C14H16N2O2S. The Morgan fingerprint density at radius 2 is 2.21 bits per heavy atom. The van der Waals surface area contributed by atoms with Crippen molar-refractivity contribution >= 4 is 28.9 Å². The molecule has 0 bridgehead atoms. The molecule has 1 saturated heterocycles. The fraction of sp³-hybridized carbons (Fsp3) is 0.286. The number of amidine groups is 1. The fourth-order valence-corrected chi connectivity index (χ4v) is 2.91. The number of aromatic hydroxyl groups is 1. The number of hydrogen-bond donors (Lipinski definition) is 1. The minimum atomic E-state index is -0.0250. The van der Waals surface area contributed by atoms with Gasteiger partial charge < -0.3 is 5.11 Å².